The van der Waals surface area contributed by atoms with Crippen molar-refractivity contribution in [3.05, 3.63) is 35.9 Å². The number of rotatable bonds is 11. The zero-order valence-corrected chi connectivity index (χ0v) is 16.7. The van der Waals surface area contributed by atoms with Crippen molar-refractivity contribution < 1.29 is 15.0 Å². The SMILES string of the molecule is CCCCCCNC[C@@H](O)[C@H](Cc1ccccc1)N(C(=O)O)C(C)(C)C. The molecule has 0 saturated carbocycles. The number of carboxylic acid groups (broad SMARTS) is 1. The van der Waals surface area contributed by atoms with E-state index in [1.165, 1.54) is 24.2 Å². The summed E-state index contributed by atoms with van der Waals surface area (Å²) >= 11 is 0. The van der Waals surface area contributed by atoms with E-state index in [0.717, 1.165) is 18.5 Å². The van der Waals surface area contributed by atoms with Crippen LogP contribution in [0.3, 0.4) is 0 Å². The molecule has 5 nitrogen and oxygen atoms in total. The van der Waals surface area contributed by atoms with Gasteiger partial charge in [0.05, 0.1) is 12.1 Å². The highest BCUT2D eigenvalue weighted by atomic mass is 16.4. The fourth-order valence-electron chi connectivity index (χ4n) is 3.24. The monoisotopic (exact) mass is 364 g/mol. The van der Waals surface area contributed by atoms with Gasteiger partial charge in [-0.15, -0.1) is 0 Å². The minimum absolute atomic E-state index is 0.392. The Labute approximate surface area is 158 Å². The van der Waals surface area contributed by atoms with Gasteiger partial charge in [0.2, 0.25) is 0 Å². The molecule has 0 saturated heterocycles. The molecule has 0 fully saturated rings. The van der Waals surface area contributed by atoms with Gasteiger partial charge in [-0.2, -0.15) is 0 Å². The normalized spacial score (nSPS) is 14.0. The maximum absolute atomic E-state index is 11.9. The second-order valence-corrected chi connectivity index (χ2v) is 7.91. The molecule has 0 heterocycles. The summed E-state index contributed by atoms with van der Waals surface area (Å²) in [4.78, 5) is 13.3. The lowest BCUT2D eigenvalue weighted by molar-refractivity contribution is 0.00786. The molecule has 1 aromatic rings. The van der Waals surface area contributed by atoms with Gasteiger partial charge in [-0.1, -0.05) is 56.5 Å². The molecular weight excluding hydrogens is 328 g/mol. The van der Waals surface area contributed by atoms with Gasteiger partial charge >= 0.3 is 6.09 Å². The summed E-state index contributed by atoms with van der Waals surface area (Å²) in [6.45, 7) is 9.01. The molecule has 0 aliphatic heterocycles. The van der Waals surface area contributed by atoms with E-state index >= 15 is 0 Å². The van der Waals surface area contributed by atoms with Crippen molar-refractivity contribution in [3.63, 3.8) is 0 Å². The second kappa shape index (κ2) is 11.2. The Balaban J connectivity index is 2.80. The third kappa shape index (κ3) is 7.75. The molecule has 0 radical (unpaired) electrons. The summed E-state index contributed by atoms with van der Waals surface area (Å²) in [6.07, 6.45) is 3.39. The summed E-state index contributed by atoms with van der Waals surface area (Å²) < 4.78 is 0. The van der Waals surface area contributed by atoms with Crippen LogP contribution in [0.5, 0.6) is 0 Å². The second-order valence-electron chi connectivity index (χ2n) is 7.91. The first-order chi connectivity index (χ1) is 12.3. The number of benzene rings is 1. The first kappa shape index (κ1) is 22.5. The van der Waals surface area contributed by atoms with Crippen LogP contribution in [0.15, 0.2) is 30.3 Å². The summed E-state index contributed by atoms with van der Waals surface area (Å²) in [5.41, 5.74) is 0.433. The molecule has 0 bridgehead atoms. The van der Waals surface area contributed by atoms with E-state index in [9.17, 15) is 15.0 Å². The maximum atomic E-state index is 11.9. The van der Waals surface area contributed by atoms with E-state index in [4.69, 9.17) is 0 Å². The average molecular weight is 365 g/mol. The van der Waals surface area contributed by atoms with Gasteiger partial charge < -0.3 is 15.5 Å². The van der Waals surface area contributed by atoms with Crippen LogP contribution in [0.1, 0.15) is 58.9 Å². The standard InChI is InChI=1S/C21H36N2O3/c1-5-6-7-11-14-22-16-19(24)18(15-17-12-9-8-10-13-17)23(20(25)26)21(2,3)4/h8-10,12-13,18-19,22,24H,5-7,11,14-16H2,1-4H3,(H,25,26)/t18-,19+/m0/s1. The van der Waals surface area contributed by atoms with E-state index < -0.39 is 23.8 Å². The molecule has 1 aromatic carbocycles. The summed E-state index contributed by atoms with van der Waals surface area (Å²) in [7, 11) is 0. The third-order valence-electron chi connectivity index (χ3n) is 4.55. The van der Waals surface area contributed by atoms with Crippen LogP contribution in [-0.4, -0.2) is 52.0 Å². The lowest BCUT2D eigenvalue weighted by atomic mass is 9.94. The van der Waals surface area contributed by atoms with Crippen LogP contribution >= 0.6 is 0 Å². The number of unbranched alkanes of at least 4 members (excludes halogenated alkanes) is 3. The maximum Gasteiger partial charge on any atom is 0.408 e. The Hall–Kier alpha value is -1.59. The number of nitrogens with one attached hydrogen (secondary N) is 1. The molecule has 3 N–H and O–H groups in total. The van der Waals surface area contributed by atoms with Gasteiger partial charge in [-0.25, -0.2) is 4.79 Å². The highest BCUT2D eigenvalue weighted by Gasteiger charge is 2.37. The van der Waals surface area contributed by atoms with Crippen molar-refractivity contribution in [2.75, 3.05) is 13.1 Å². The molecule has 0 aliphatic rings. The van der Waals surface area contributed by atoms with Crippen molar-refractivity contribution >= 4 is 6.09 Å². The molecule has 0 unspecified atom stereocenters. The predicted molar refractivity (Wildman–Crippen MR) is 107 cm³/mol. The molecule has 26 heavy (non-hydrogen) atoms. The van der Waals surface area contributed by atoms with Crippen LogP contribution in [0.2, 0.25) is 0 Å². The molecule has 0 aromatic heterocycles. The highest BCUT2D eigenvalue weighted by molar-refractivity contribution is 5.66. The Kier molecular flexibility index (Phi) is 9.66. The van der Waals surface area contributed by atoms with Gasteiger partial charge in [0.15, 0.2) is 0 Å². The van der Waals surface area contributed by atoms with Crippen molar-refractivity contribution in [2.24, 2.45) is 0 Å². The van der Waals surface area contributed by atoms with Gasteiger partial charge in [-0.3, -0.25) is 4.90 Å². The zero-order valence-electron chi connectivity index (χ0n) is 16.7. The smallest absolute Gasteiger partial charge is 0.408 e. The number of hydrogen-bond donors (Lipinski definition) is 3. The number of carbonyl (C=O) groups is 1. The molecule has 0 spiro atoms. The Morgan fingerprint density at radius 2 is 1.81 bits per heavy atom. The van der Waals surface area contributed by atoms with Crippen molar-refractivity contribution in [2.45, 2.75) is 77.5 Å². The van der Waals surface area contributed by atoms with Gasteiger partial charge in [0.25, 0.3) is 0 Å². The third-order valence-corrected chi connectivity index (χ3v) is 4.55. The molecule has 1 amide bonds. The van der Waals surface area contributed by atoms with Crippen LogP contribution in [0.4, 0.5) is 4.79 Å². The van der Waals surface area contributed by atoms with Gasteiger partial charge in [0, 0.05) is 12.1 Å². The average Bonchev–Trinajstić information content (AvgIpc) is 2.56. The summed E-state index contributed by atoms with van der Waals surface area (Å²) in [5.74, 6) is 0. The van der Waals surface area contributed by atoms with Gasteiger partial charge in [-0.05, 0) is 45.7 Å². The molecule has 5 heteroatoms. The van der Waals surface area contributed by atoms with Crippen LogP contribution in [0.25, 0.3) is 0 Å². The lowest BCUT2D eigenvalue weighted by Gasteiger charge is -2.42. The fourth-order valence-corrected chi connectivity index (χ4v) is 3.24. The van der Waals surface area contributed by atoms with Crippen LogP contribution in [0, 0.1) is 0 Å². The molecule has 2 atom stereocenters. The van der Waals surface area contributed by atoms with E-state index in [-0.39, 0.29) is 0 Å². The molecular formula is C21H36N2O3. The first-order valence-electron chi connectivity index (χ1n) is 9.72. The van der Waals surface area contributed by atoms with Crippen molar-refractivity contribution in [1.29, 1.82) is 0 Å². The van der Waals surface area contributed by atoms with E-state index in [0.29, 0.717) is 13.0 Å². The molecule has 1 rings (SSSR count). The number of nitrogens with zero attached hydrogens (tertiary/aromatic N) is 1. The largest absolute Gasteiger partial charge is 0.465 e. The highest BCUT2D eigenvalue weighted by Crippen LogP contribution is 2.22. The van der Waals surface area contributed by atoms with Gasteiger partial charge in [0.1, 0.15) is 0 Å². The number of aliphatic hydroxyl groups is 1. The number of amides is 1. The van der Waals surface area contributed by atoms with Crippen molar-refractivity contribution in [3.8, 4) is 0 Å². The first-order valence-corrected chi connectivity index (χ1v) is 9.72. The Morgan fingerprint density at radius 3 is 2.35 bits per heavy atom. The minimum atomic E-state index is -1.000. The lowest BCUT2D eigenvalue weighted by Crippen LogP contribution is -2.58. The molecule has 0 aliphatic carbocycles. The van der Waals surface area contributed by atoms with E-state index in [1.54, 1.807) is 0 Å². The predicted octanol–water partition coefficient (Wildman–Crippen LogP) is 3.91. The van der Waals surface area contributed by atoms with Crippen molar-refractivity contribution in [1.82, 2.24) is 10.2 Å². The Morgan fingerprint density at radius 1 is 1.15 bits per heavy atom. The Bertz CT molecular complexity index is 514. The van der Waals surface area contributed by atoms with E-state index in [2.05, 4.69) is 12.2 Å². The topological polar surface area (TPSA) is 72.8 Å². The zero-order chi connectivity index (χ0) is 19.6. The van der Waals surface area contributed by atoms with E-state index in [1.807, 2.05) is 51.1 Å². The molecule has 148 valence electrons. The fraction of sp³-hybridized carbons (Fsp3) is 0.667. The number of hydrogen-bond acceptors (Lipinski definition) is 3. The van der Waals surface area contributed by atoms with Crippen LogP contribution < -0.4 is 5.32 Å². The summed E-state index contributed by atoms with van der Waals surface area (Å²) in [6, 6.07) is 9.25. The minimum Gasteiger partial charge on any atom is -0.465 e. The number of aliphatic hydroxyl groups excluding tert-OH is 1. The van der Waals surface area contributed by atoms with Crippen LogP contribution in [-0.2, 0) is 6.42 Å². The summed E-state index contributed by atoms with van der Waals surface area (Å²) in [5, 5.41) is 23.8. The quantitative estimate of drug-likeness (QED) is 0.521.